The van der Waals surface area contributed by atoms with Crippen molar-refractivity contribution < 1.29 is 5.11 Å². The summed E-state index contributed by atoms with van der Waals surface area (Å²) >= 11 is 0. The van der Waals surface area contributed by atoms with Gasteiger partial charge in [0.1, 0.15) is 0 Å². The third-order valence-electron chi connectivity index (χ3n) is 3.82. The Kier molecular flexibility index (Phi) is 3.65. The number of hydrogen-bond donors (Lipinski definition) is 1. The Balaban J connectivity index is 2.00. The van der Waals surface area contributed by atoms with Gasteiger partial charge in [0.2, 0.25) is 0 Å². The van der Waals surface area contributed by atoms with Crippen LogP contribution in [0.2, 0.25) is 0 Å². The minimum Gasteiger partial charge on any atom is -0.393 e. The minimum atomic E-state index is -0.0856. The lowest BCUT2D eigenvalue weighted by atomic mass is 9.77. The molecule has 3 atom stereocenters. The summed E-state index contributed by atoms with van der Waals surface area (Å²) in [6.07, 6.45) is 4.29. The fraction of sp³-hybridized carbons (Fsp3) is 0.600. The van der Waals surface area contributed by atoms with Crippen molar-refractivity contribution in [1.82, 2.24) is 0 Å². The fourth-order valence-corrected chi connectivity index (χ4v) is 2.73. The maximum Gasteiger partial charge on any atom is 0.0571 e. The van der Waals surface area contributed by atoms with Crippen LogP contribution in [-0.4, -0.2) is 11.2 Å². The van der Waals surface area contributed by atoms with Gasteiger partial charge >= 0.3 is 0 Å². The first kappa shape index (κ1) is 11.7. The maximum absolute atomic E-state index is 10.0. The van der Waals surface area contributed by atoms with Crippen LogP contribution in [0.25, 0.3) is 0 Å². The molecule has 0 heterocycles. The average molecular weight is 218 g/mol. The molecule has 3 unspecified atom stereocenters. The van der Waals surface area contributed by atoms with Crippen LogP contribution in [-0.2, 0) is 6.42 Å². The lowest BCUT2D eigenvalue weighted by Crippen LogP contribution is -2.29. The molecule has 0 aromatic heterocycles. The third-order valence-corrected chi connectivity index (χ3v) is 3.82. The van der Waals surface area contributed by atoms with E-state index in [4.69, 9.17) is 0 Å². The van der Waals surface area contributed by atoms with Gasteiger partial charge in [-0.2, -0.15) is 0 Å². The van der Waals surface area contributed by atoms with Gasteiger partial charge in [-0.3, -0.25) is 0 Å². The predicted molar refractivity (Wildman–Crippen MR) is 67.4 cm³/mol. The van der Waals surface area contributed by atoms with Gasteiger partial charge in [-0.15, -0.1) is 0 Å². The highest BCUT2D eigenvalue weighted by Gasteiger charge is 2.26. The van der Waals surface area contributed by atoms with Crippen LogP contribution in [0.4, 0.5) is 0 Å². The summed E-state index contributed by atoms with van der Waals surface area (Å²) < 4.78 is 0. The summed E-state index contributed by atoms with van der Waals surface area (Å²) in [5, 5.41) is 10.0. The van der Waals surface area contributed by atoms with E-state index in [0.717, 1.165) is 18.8 Å². The lowest BCUT2D eigenvalue weighted by molar-refractivity contribution is 0.0519. The Morgan fingerprint density at radius 3 is 2.56 bits per heavy atom. The highest BCUT2D eigenvalue weighted by atomic mass is 16.3. The molecule has 1 heteroatoms. The number of rotatable bonds is 2. The molecule has 1 saturated carbocycles. The zero-order valence-corrected chi connectivity index (χ0v) is 10.3. The first-order chi connectivity index (χ1) is 7.65. The molecule has 0 bridgehead atoms. The van der Waals surface area contributed by atoms with Crippen molar-refractivity contribution in [2.24, 2.45) is 11.8 Å². The van der Waals surface area contributed by atoms with Crippen molar-refractivity contribution >= 4 is 0 Å². The van der Waals surface area contributed by atoms with Crippen molar-refractivity contribution in [2.45, 2.75) is 45.6 Å². The van der Waals surface area contributed by atoms with E-state index in [9.17, 15) is 5.11 Å². The number of hydrogen-bond acceptors (Lipinski definition) is 1. The van der Waals surface area contributed by atoms with Crippen LogP contribution < -0.4 is 0 Å². The smallest absolute Gasteiger partial charge is 0.0571 e. The normalized spacial score (nSPS) is 30.3. The van der Waals surface area contributed by atoms with Crippen molar-refractivity contribution in [3.05, 3.63) is 35.4 Å². The van der Waals surface area contributed by atoms with Crippen LogP contribution in [0.5, 0.6) is 0 Å². The van der Waals surface area contributed by atoms with E-state index in [-0.39, 0.29) is 6.10 Å². The minimum absolute atomic E-state index is 0.0856. The molecule has 1 N–H and O–H groups in total. The molecule has 0 radical (unpaired) electrons. The average Bonchev–Trinajstić information content (AvgIpc) is 2.27. The molecule has 0 aliphatic heterocycles. The molecule has 1 aromatic carbocycles. The van der Waals surface area contributed by atoms with Crippen LogP contribution in [0.15, 0.2) is 24.3 Å². The zero-order chi connectivity index (χ0) is 11.5. The largest absolute Gasteiger partial charge is 0.393 e. The summed E-state index contributed by atoms with van der Waals surface area (Å²) in [7, 11) is 0. The number of aliphatic hydroxyl groups excluding tert-OH is 1. The number of aryl methyl sites for hydroxylation is 1. The molecule has 1 aliphatic carbocycles. The van der Waals surface area contributed by atoms with Crippen molar-refractivity contribution in [3.8, 4) is 0 Å². The second kappa shape index (κ2) is 5.01. The predicted octanol–water partition coefficient (Wildman–Crippen LogP) is 3.33. The van der Waals surface area contributed by atoms with E-state index in [2.05, 4.69) is 38.1 Å². The van der Waals surface area contributed by atoms with Crippen LogP contribution in [0, 0.1) is 18.8 Å². The van der Waals surface area contributed by atoms with E-state index in [1.54, 1.807) is 0 Å². The Bertz CT molecular complexity index is 328. The fourth-order valence-electron chi connectivity index (χ4n) is 2.73. The number of aliphatic hydroxyl groups is 1. The van der Waals surface area contributed by atoms with E-state index < -0.39 is 0 Å². The molecule has 1 aromatic rings. The van der Waals surface area contributed by atoms with Crippen LogP contribution in [0.1, 0.15) is 37.3 Å². The van der Waals surface area contributed by atoms with Gasteiger partial charge in [0.05, 0.1) is 6.10 Å². The monoisotopic (exact) mass is 218 g/mol. The molecule has 16 heavy (non-hydrogen) atoms. The van der Waals surface area contributed by atoms with Gasteiger partial charge in [0, 0.05) is 0 Å². The van der Waals surface area contributed by atoms with Gasteiger partial charge in [-0.05, 0) is 50.0 Å². The van der Waals surface area contributed by atoms with Gasteiger partial charge < -0.3 is 5.11 Å². The van der Waals surface area contributed by atoms with Crippen molar-refractivity contribution in [2.75, 3.05) is 0 Å². The summed E-state index contributed by atoms with van der Waals surface area (Å²) in [4.78, 5) is 0. The first-order valence-electron chi connectivity index (χ1n) is 6.39. The van der Waals surface area contributed by atoms with Crippen LogP contribution in [0.3, 0.4) is 0 Å². The number of benzene rings is 1. The molecular formula is C15H22O. The molecule has 88 valence electrons. The van der Waals surface area contributed by atoms with Crippen molar-refractivity contribution in [1.29, 1.82) is 0 Å². The first-order valence-corrected chi connectivity index (χ1v) is 6.39. The van der Waals surface area contributed by atoms with E-state index in [1.807, 2.05) is 0 Å². The summed E-state index contributed by atoms with van der Waals surface area (Å²) in [5.74, 6) is 1.24. The Labute approximate surface area is 98.5 Å². The molecule has 1 fully saturated rings. The Morgan fingerprint density at radius 1 is 1.19 bits per heavy atom. The summed E-state index contributed by atoms with van der Waals surface area (Å²) in [6, 6.07) is 8.71. The highest BCUT2D eigenvalue weighted by Crippen LogP contribution is 2.31. The Hall–Kier alpha value is -0.820. The quantitative estimate of drug-likeness (QED) is 0.807. The van der Waals surface area contributed by atoms with Crippen LogP contribution >= 0.6 is 0 Å². The SMILES string of the molecule is Cc1ccc(CC2CC(C)CCC2O)cc1. The van der Waals surface area contributed by atoms with E-state index in [1.165, 1.54) is 24.0 Å². The van der Waals surface area contributed by atoms with Gasteiger partial charge in [0.25, 0.3) is 0 Å². The van der Waals surface area contributed by atoms with Gasteiger partial charge in [-0.1, -0.05) is 36.8 Å². The molecule has 0 saturated heterocycles. The van der Waals surface area contributed by atoms with E-state index in [0.29, 0.717) is 5.92 Å². The second-order valence-electron chi connectivity index (χ2n) is 5.44. The van der Waals surface area contributed by atoms with Gasteiger partial charge in [0.15, 0.2) is 0 Å². The standard InChI is InChI=1S/C15H22O/c1-11-3-6-13(7-4-11)10-14-9-12(2)5-8-15(14)16/h3-4,6-7,12,14-16H,5,8-10H2,1-2H3. The summed E-state index contributed by atoms with van der Waals surface area (Å²) in [6.45, 7) is 4.41. The molecule has 1 aliphatic rings. The summed E-state index contributed by atoms with van der Waals surface area (Å²) in [5.41, 5.74) is 2.67. The van der Waals surface area contributed by atoms with E-state index >= 15 is 0 Å². The molecule has 0 amide bonds. The molecule has 1 nitrogen and oxygen atoms in total. The molecular weight excluding hydrogens is 196 g/mol. The van der Waals surface area contributed by atoms with Gasteiger partial charge in [-0.25, -0.2) is 0 Å². The maximum atomic E-state index is 10.0. The Morgan fingerprint density at radius 2 is 1.88 bits per heavy atom. The molecule has 2 rings (SSSR count). The highest BCUT2D eigenvalue weighted by molar-refractivity contribution is 5.21. The second-order valence-corrected chi connectivity index (χ2v) is 5.44. The lowest BCUT2D eigenvalue weighted by Gasteiger charge is -2.31. The van der Waals surface area contributed by atoms with Crippen molar-refractivity contribution in [3.63, 3.8) is 0 Å². The third kappa shape index (κ3) is 2.85. The topological polar surface area (TPSA) is 20.2 Å². The molecule has 0 spiro atoms. The zero-order valence-electron chi connectivity index (χ0n) is 10.3.